The third-order valence-corrected chi connectivity index (χ3v) is 5.89. The Morgan fingerprint density at radius 1 is 1.17 bits per heavy atom. The molecule has 1 heterocycles. The first-order chi connectivity index (χ1) is 14.2. The van der Waals surface area contributed by atoms with Crippen molar-refractivity contribution in [3.05, 3.63) is 29.6 Å². The van der Waals surface area contributed by atoms with E-state index in [0.29, 0.717) is 23.8 Å². The molecule has 1 saturated carbocycles. The molecule has 164 valence electrons. The molecule has 1 aromatic carbocycles. The van der Waals surface area contributed by atoms with E-state index < -0.39 is 12.0 Å². The molecule has 6 heteroatoms. The zero-order valence-electron chi connectivity index (χ0n) is 18.6. The van der Waals surface area contributed by atoms with Gasteiger partial charge in [-0.3, -0.25) is 4.79 Å². The minimum absolute atomic E-state index is 0.179. The summed E-state index contributed by atoms with van der Waals surface area (Å²) in [5, 5.41) is 12.1. The molecule has 0 spiro atoms. The second-order valence-corrected chi connectivity index (χ2v) is 9.58. The predicted octanol–water partition coefficient (Wildman–Crippen LogP) is 4.65. The standard InChI is InChI=1S/C24H35N3O3/c1-15(2)11-20(24(29)30)26-23(28)18-9-10-21-19(13-18)25-22(27(21)14-16(3)4)12-17-7-5-6-8-17/h9-10,13,15-17,20H,5-8,11-12,14H2,1-4H3,(H,26,28)(H,29,30). The SMILES string of the molecule is CC(C)CC(NC(=O)c1ccc2c(c1)nc(CC1CCCC1)n2CC(C)C)C(=O)O. The average Bonchev–Trinajstić information content (AvgIpc) is 3.28. The van der Waals surface area contributed by atoms with Gasteiger partial charge in [0, 0.05) is 18.5 Å². The fraction of sp³-hybridized carbons (Fsp3) is 0.625. The number of aliphatic carboxylic acids is 1. The summed E-state index contributed by atoms with van der Waals surface area (Å²) in [6.07, 6.45) is 6.53. The Kier molecular flexibility index (Phi) is 7.16. The molecule has 0 saturated heterocycles. The molecule has 0 bridgehead atoms. The van der Waals surface area contributed by atoms with Crippen LogP contribution < -0.4 is 5.32 Å². The quantitative estimate of drug-likeness (QED) is 0.626. The number of hydrogen-bond donors (Lipinski definition) is 2. The number of carbonyl (C=O) groups is 2. The largest absolute Gasteiger partial charge is 0.480 e. The summed E-state index contributed by atoms with van der Waals surface area (Å²) in [5.41, 5.74) is 2.32. The van der Waals surface area contributed by atoms with Crippen molar-refractivity contribution in [3.8, 4) is 0 Å². The number of carboxylic acid groups (broad SMARTS) is 1. The fourth-order valence-electron chi connectivity index (χ4n) is 4.45. The molecule has 1 aromatic heterocycles. The van der Waals surface area contributed by atoms with Crippen LogP contribution in [0.1, 0.15) is 76.0 Å². The van der Waals surface area contributed by atoms with E-state index in [9.17, 15) is 14.7 Å². The van der Waals surface area contributed by atoms with E-state index in [1.807, 2.05) is 19.9 Å². The summed E-state index contributed by atoms with van der Waals surface area (Å²) < 4.78 is 2.30. The Morgan fingerprint density at radius 3 is 2.47 bits per heavy atom. The van der Waals surface area contributed by atoms with Gasteiger partial charge in [-0.05, 0) is 42.4 Å². The van der Waals surface area contributed by atoms with Crippen molar-refractivity contribution in [1.82, 2.24) is 14.9 Å². The highest BCUT2D eigenvalue weighted by Crippen LogP contribution is 2.29. The van der Waals surface area contributed by atoms with E-state index in [-0.39, 0.29) is 11.8 Å². The minimum atomic E-state index is -1.00. The number of rotatable bonds is 9. The number of hydrogen-bond acceptors (Lipinski definition) is 3. The molecule has 1 aliphatic rings. The number of carboxylic acids is 1. The third-order valence-electron chi connectivity index (χ3n) is 5.89. The second-order valence-electron chi connectivity index (χ2n) is 9.58. The van der Waals surface area contributed by atoms with E-state index in [0.717, 1.165) is 29.8 Å². The molecule has 3 rings (SSSR count). The van der Waals surface area contributed by atoms with Crippen LogP contribution in [0.5, 0.6) is 0 Å². The highest BCUT2D eigenvalue weighted by molar-refractivity contribution is 5.99. The minimum Gasteiger partial charge on any atom is -0.480 e. The van der Waals surface area contributed by atoms with Crippen molar-refractivity contribution in [1.29, 1.82) is 0 Å². The van der Waals surface area contributed by atoms with Crippen molar-refractivity contribution in [2.75, 3.05) is 0 Å². The lowest BCUT2D eigenvalue weighted by atomic mass is 10.0. The molecule has 0 radical (unpaired) electrons. The molecule has 2 N–H and O–H groups in total. The van der Waals surface area contributed by atoms with Crippen LogP contribution in [0.2, 0.25) is 0 Å². The third kappa shape index (κ3) is 5.41. The van der Waals surface area contributed by atoms with Crippen molar-refractivity contribution in [2.24, 2.45) is 17.8 Å². The Balaban J connectivity index is 1.87. The topological polar surface area (TPSA) is 84.2 Å². The zero-order chi connectivity index (χ0) is 21.8. The lowest BCUT2D eigenvalue weighted by Gasteiger charge is -2.16. The lowest BCUT2D eigenvalue weighted by molar-refractivity contribution is -0.139. The van der Waals surface area contributed by atoms with Crippen LogP contribution in [0.4, 0.5) is 0 Å². The summed E-state index contributed by atoms with van der Waals surface area (Å²) in [5.74, 6) is 1.12. The first kappa shape index (κ1) is 22.3. The normalized spacial score (nSPS) is 15.9. The van der Waals surface area contributed by atoms with Crippen LogP contribution in [0.3, 0.4) is 0 Å². The number of benzene rings is 1. The second kappa shape index (κ2) is 9.63. The van der Waals surface area contributed by atoms with Crippen LogP contribution >= 0.6 is 0 Å². The van der Waals surface area contributed by atoms with Gasteiger partial charge in [0.1, 0.15) is 11.9 Å². The molecule has 1 atom stereocenters. The van der Waals surface area contributed by atoms with E-state index in [1.54, 1.807) is 12.1 Å². The number of carbonyl (C=O) groups excluding carboxylic acids is 1. The molecule has 1 unspecified atom stereocenters. The van der Waals surface area contributed by atoms with Crippen molar-refractivity contribution in [2.45, 2.75) is 78.8 Å². The fourth-order valence-corrected chi connectivity index (χ4v) is 4.45. The molecular formula is C24H35N3O3. The number of nitrogens with one attached hydrogen (secondary N) is 1. The summed E-state index contributed by atoms with van der Waals surface area (Å²) in [6.45, 7) is 9.20. The van der Waals surface area contributed by atoms with Crippen LogP contribution in [-0.4, -0.2) is 32.6 Å². The van der Waals surface area contributed by atoms with Gasteiger partial charge in [-0.15, -0.1) is 0 Å². The molecule has 1 amide bonds. The maximum absolute atomic E-state index is 12.7. The lowest BCUT2D eigenvalue weighted by Crippen LogP contribution is -2.41. The number of imidazole rings is 1. The van der Waals surface area contributed by atoms with Crippen LogP contribution in [0, 0.1) is 17.8 Å². The van der Waals surface area contributed by atoms with Gasteiger partial charge >= 0.3 is 5.97 Å². The average molecular weight is 414 g/mol. The van der Waals surface area contributed by atoms with Crippen LogP contribution in [0.15, 0.2) is 18.2 Å². The molecular weight excluding hydrogens is 378 g/mol. The Labute approximate surface area is 179 Å². The molecule has 0 aliphatic heterocycles. The zero-order valence-corrected chi connectivity index (χ0v) is 18.6. The molecule has 2 aromatic rings. The summed E-state index contributed by atoms with van der Waals surface area (Å²) in [4.78, 5) is 29.1. The molecule has 6 nitrogen and oxygen atoms in total. The van der Waals surface area contributed by atoms with E-state index >= 15 is 0 Å². The summed E-state index contributed by atoms with van der Waals surface area (Å²) >= 11 is 0. The van der Waals surface area contributed by atoms with Gasteiger partial charge in [0.2, 0.25) is 0 Å². The van der Waals surface area contributed by atoms with Gasteiger partial charge in [-0.25, -0.2) is 9.78 Å². The molecule has 1 aliphatic carbocycles. The summed E-state index contributed by atoms with van der Waals surface area (Å²) in [7, 11) is 0. The van der Waals surface area contributed by atoms with Gasteiger partial charge in [0.25, 0.3) is 5.91 Å². The number of nitrogens with zero attached hydrogens (tertiary/aromatic N) is 2. The van der Waals surface area contributed by atoms with Crippen LogP contribution in [0.25, 0.3) is 11.0 Å². The highest BCUT2D eigenvalue weighted by Gasteiger charge is 2.23. The van der Waals surface area contributed by atoms with Gasteiger partial charge in [-0.1, -0.05) is 53.4 Å². The maximum Gasteiger partial charge on any atom is 0.326 e. The van der Waals surface area contributed by atoms with Gasteiger partial charge in [0.05, 0.1) is 11.0 Å². The number of amides is 1. The van der Waals surface area contributed by atoms with Gasteiger partial charge in [-0.2, -0.15) is 0 Å². The van der Waals surface area contributed by atoms with Gasteiger partial charge < -0.3 is 15.0 Å². The van der Waals surface area contributed by atoms with Crippen molar-refractivity contribution < 1.29 is 14.7 Å². The first-order valence-corrected chi connectivity index (χ1v) is 11.3. The first-order valence-electron chi connectivity index (χ1n) is 11.3. The van der Waals surface area contributed by atoms with E-state index in [2.05, 4.69) is 23.7 Å². The number of aromatic nitrogens is 2. The maximum atomic E-state index is 12.7. The van der Waals surface area contributed by atoms with E-state index in [4.69, 9.17) is 4.98 Å². The Hall–Kier alpha value is -2.37. The monoisotopic (exact) mass is 413 g/mol. The van der Waals surface area contributed by atoms with Crippen molar-refractivity contribution >= 4 is 22.9 Å². The summed E-state index contributed by atoms with van der Waals surface area (Å²) in [6, 6.07) is 4.65. The Bertz CT molecular complexity index is 894. The number of fused-ring (bicyclic) bond motifs is 1. The van der Waals surface area contributed by atoms with Crippen LogP contribution in [-0.2, 0) is 17.8 Å². The molecule has 30 heavy (non-hydrogen) atoms. The van der Waals surface area contributed by atoms with Gasteiger partial charge in [0.15, 0.2) is 0 Å². The van der Waals surface area contributed by atoms with Crippen molar-refractivity contribution in [3.63, 3.8) is 0 Å². The predicted molar refractivity (Wildman–Crippen MR) is 119 cm³/mol. The van der Waals surface area contributed by atoms with E-state index in [1.165, 1.54) is 25.7 Å². The highest BCUT2D eigenvalue weighted by atomic mass is 16.4. The smallest absolute Gasteiger partial charge is 0.326 e. The molecule has 1 fully saturated rings. The Morgan fingerprint density at radius 2 is 1.87 bits per heavy atom.